The third-order valence-corrected chi connectivity index (χ3v) is 3.05. The van der Waals surface area contributed by atoms with Crippen LogP contribution in [0.15, 0.2) is 30.5 Å². The van der Waals surface area contributed by atoms with E-state index in [0.29, 0.717) is 18.5 Å². The smallest absolute Gasteiger partial charge is 0.255 e. The van der Waals surface area contributed by atoms with Crippen LogP contribution in [0.4, 0.5) is 0 Å². The lowest BCUT2D eigenvalue weighted by Gasteiger charge is -2.17. The summed E-state index contributed by atoms with van der Waals surface area (Å²) in [5.74, 6) is -0.0203. The second-order valence-electron chi connectivity index (χ2n) is 4.61. The lowest BCUT2D eigenvalue weighted by atomic mass is 10.1. The maximum atomic E-state index is 12.3. The van der Waals surface area contributed by atoms with Crippen LogP contribution in [-0.4, -0.2) is 40.6 Å². The van der Waals surface area contributed by atoms with Crippen LogP contribution in [0.1, 0.15) is 23.7 Å². The van der Waals surface area contributed by atoms with E-state index in [1.54, 1.807) is 25.1 Å². The molecule has 96 valence electrons. The first-order valence-corrected chi connectivity index (χ1v) is 6.09. The van der Waals surface area contributed by atoms with Gasteiger partial charge in [-0.3, -0.25) is 4.79 Å². The molecule has 1 atom stereocenters. The molecule has 0 aliphatic heterocycles. The average Bonchev–Trinajstić information content (AvgIpc) is 2.78. The Bertz CT molecular complexity index is 545. The first-order valence-electron chi connectivity index (χ1n) is 6.09. The maximum absolute atomic E-state index is 12.3. The minimum absolute atomic E-state index is 0.0203. The van der Waals surface area contributed by atoms with E-state index in [1.807, 2.05) is 24.3 Å². The van der Waals surface area contributed by atoms with Gasteiger partial charge in [-0.1, -0.05) is 18.2 Å². The Hall–Kier alpha value is -1.81. The van der Waals surface area contributed by atoms with Crippen molar-refractivity contribution in [2.75, 3.05) is 13.6 Å². The Balaban J connectivity index is 2.18. The van der Waals surface area contributed by atoms with Gasteiger partial charge in [-0.15, -0.1) is 0 Å². The highest BCUT2D eigenvalue weighted by Gasteiger charge is 2.16. The fraction of sp³-hybridized carbons (Fsp3) is 0.357. The number of rotatable bonds is 4. The number of aromatic nitrogens is 1. The normalized spacial score (nSPS) is 12.6. The Morgan fingerprint density at radius 2 is 2.17 bits per heavy atom. The molecule has 0 aliphatic rings. The minimum atomic E-state index is -0.386. The second-order valence-corrected chi connectivity index (χ2v) is 4.61. The highest BCUT2D eigenvalue weighted by atomic mass is 16.3. The molecule has 0 spiro atoms. The summed E-state index contributed by atoms with van der Waals surface area (Å²) in [5.41, 5.74) is 1.64. The van der Waals surface area contributed by atoms with Crippen molar-refractivity contribution in [3.05, 3.63) is 36.0 Å². The van der Waals surface area contributed by atoms with Crippen LogP contribution < -0.4 is 0 Å². The molecule has 4 nitrogen and oxygen atoms in total. The third-order valence-electron chi connectivity index (χ3n) is 3.05. The van der Waals surface area contributed by atoms with Gasteiger partial charge in [0.05, 0.1) is 11.7 Å². The molecule has 0 bridgehead atoms. The molecule has 1 heterocycles. The zero-order valence-corrected chi connectivity index (χ0v) is 10.7. The minimum Gasteiger partial charge on any atom is -0.393 e. The van der Waals surface area contributed by atoms with Gasteiger partial charge in [-0.25, -0.2) is 0 Å². The van der Waals surface area contributed by atoms with E-state index in [9.17, 15) is 9.90 Å². The van der Waals surface area contributed by atoms with Crippen LogP contribution >= 0.6 is 0 Å². The molecule has 1 aromatic heterocycles. The fourth-order valence-corrected chi connectivity index (χ4v) is 1.94. The molecule has 1 amide bonds. The third kappa shape index (κ3) is 2.54. The Morgan fingerprint density at radius 3 is 2.89 bits per heavy atom. The van der Waals surface area contributed by atoms with E-state index in [2.05, 4.69) is 4.98 Å². The number of aliphatic hydroxyl groups excluding tert-OH is 1. The largest absolute Gasteiger partial charge is 0.393 e. The summed E-state index contributed by atoms with van der Waals surface area (Å²) in [6.45, 7) is 2.28. The van der Waals surface area contributed by atoms with Gasteiger partial charge < -0.3 is 15.0 Å². The van der Waals surface area contributed by atoms with Crippen molar-refractivity contribution in [1.29, 1.82) is 0 Å². The molecule has 4 heteroatoms. The summed E-state index contributed by atoms with van der Waals surface area (Å²) in [7, 11) is 1.76. The van der Waals surface area contributed by atoms with Crippen LogP contribution in [-0.2, 0) is 0 Å². The van der Waals surface area contributed by atoms with Gasteiger partial charge in [0.1, 0.15) is 0 Å². The summed E-state index contributed by atoms with van der Waals surface area (Å²) in [4.78, 5) is 17.0. The molecular formula is C14H18N2O2. The molecule has 2 aromatic rings. The van der Waals surface area contributed by atoms with E-state index < -0.39 is 0 Å². The van der Waals surface area contributed by atoms with Gasteiger partial charge >= 0.3 is 0 Å². The lowest BCUT2D eigenvalue weighted by Crippen LogP contribution is -2.29. The average molecular weight is 246 g/mol. The standard InChI is InChI=1S/C14H18N2O2/c1-10(17)7-8-16(2)14(18)12-9-15-13-6-4-3-5-11(12)13/h3-6,9-10,15,17H,7-8H2,1-2H3. The molecule has 2 rings (SSSR count). The Labute approximate surface area is 106 Å². The van der Waals surface area contributed by atoms with Gasteiger partial charge in [-0.05, 0) is 19.4 Å². The predicted molar refractivity (Wildman–Crippen MR) is 71.6 cm³/mol. The number of nitrogens with one attached hydrogen (secondary N) is 1. The van der Waals surface area contributed by atoms with Gasteiger partial charge in [-0.2, -0.15) is 0 Å². The summed E-state index contributed by atoms with van der Waals surface area (Å²) in [6.07, 6.45) is 1.94. The van der Waals surface area contributed by atoms with Crippen molar-refractivity contribution in [3.63, 3.8) is 0 Å². The summed E-state index contributed by atoms with van der Waals surface area (Å²) >= 11 is 0. The number of carbonyl (C=O) groups is 1. The quantitative estimate of drug-likeness (QED) is 0.867. The number of benzene rings is 1. The predicted octanol–water partition coefficient (Wildman–Crippen LogP) is 2.01. The number of aromatic amines is 1. The number of nitrogens with zero attached hydrogens (tertiary/aromatic N) is 1. The second kappa shape index (κ2) is 5.23. The number of amides is 1. The molecule has 0 aliphatic carbocycles. The summed E-state index contributed by atoms with van der Waals surface area (Å²) in [5, 5.41) is 10.2. The number of hydrogen-bond acceptors (Lipinski definition) is 2. The molecular weight excluding hydrogens is 228 g/mol. The van der Waals surface area contributed by atoms with Crippen molar-refractivity contribution in [1.82, 2.24) is 9.88 Å². The van der Waals surface area contributed by atoms with Crippen LogP contribution in [0.5, 0.6) is 0 Å². The van der Waals surface area contributed by atoms with Crippen molar-refractivity contribution in [2.24, 2.45) is 0 Å². The van der Waals surface area contributed by atoms with E-state index >= 15 is 0 Å². The first kappa shape index (κ1) is 12.6. The van der Waals surface area contributed by atoms with Crippen molar-refractivity contribution in [2.45, 2.75) is 19.4 Å². The summed E-state index contributed by atoms with van der Waals surface area (Å²) in [6, 6.07) is 7.73. The highest BCUT2D eigenvalue weighted by Crippen LogP contribution is 2.19. The van der Waals surface area contributed by atoms with Crippen LogP contribution in [0.25, 0.3) is 10.9 Å². The molecule has 0 fully saturated rings. The zero-order chi connectivity index (χ0) is 13.1. The monoisotopic (exact) mass is 246 g/mol. The first-order chi connectivity index (χ1) is 8.59. The topological polar surface area (TPSA) is 56.3 Å². The van der Waals surface area contributed by atoms with Crippen LogP contribution in [0, 0.1) is 0 Å². The molecule has 1 aromatic carbocycles. The number of para-hydroxylation sites is 1. The Kier molecular flexibility index (Phi) is 3.67. The van der Waals surface area contributed by atoms with Gasteiger partial charge in [0.25, 0.3) is 5.91 Å². The number of hydrogen-bond donors (Lipinski definition) is 2. The van der Waals surface area contributed by atoms with Gasteiger partial charge in [0.2, 0.25) is 0 Å². The van der Waals surface area contributed by atoms with E-state index in [4.69, 9.17) is 0 Å². The Morgan fingerprint density at radius 1 is 1.44 bits per heavy atom. The highest BCUT2D eigenvalue weighted by molar-refractivity contribution is 6.06. The molecule has 0 radical (unpaired) electrons. The van der Waals surface area contributed by atoms with Crippen molar-refractivity contribution >= 4 is 16.8 Å². The molecule has 18 heavy (non-hydrogen) atoms. The molecule has 1 unspecified atom stereocenters. The maximum Gasteiger partial charge on any atom is 0.255 e. The number of carbonyl (C=O) groups excluding carboxylic acids is 1. The van der Waals surface area contributed by atoms with Gasteiger partial charge in [0, 0.05) is 30.7 Å². The van der Waals surface area contributed by atoms with Gasteiger partial charge in [0.15, 0.2) is 0 Å². The zero-order valence-electron chi connectivity index (χ0n) is 10.7. The number of fused-ring (bicyclic) bond motifs is 1. The van der Waals surface area contributed by atoms with Crippen molar-refractivity contribution < 1.29 is 9.90 Å². The van der Waals surface area contributed by atoms with E-state index in [1.165, 1.54) is 0 Å². The molecule has 2 N–H and O–H groups in total. The molecule has 0 saturated carbocycles. The van der Waals surface area contributed by atoms with Crippen molar-refractivity contribution in [3.8, 4) is 0 Å². The number of H-pyrrole nitrogens is 1. The van der Waals surface area contributed by atoms with E-state index in [-0.39, 0.29) is 12.0 Å². The fourth-order valence-electron chi connectivity index (χ4n) is 1.94. The van der Waals surface area contributed by atoms with Crippen LogP contribution in [0.2, 0.25) is 0 Å². The summed E-state index contributed by atoms with van der Waals surface area (Å²) < 4.78 is 0. The number of aliphatic hydroxyl groups is 1. The SMILES string of the molecule is CC(O)CCN(C)C(=O)c1c[nH]c2ccccc12. The lowest BCUT2D eigenvalue weighted by molar-refractivity contribution is 0.0771. The van der Waals surface area contributed by atoms with E-state index in [0.717, 1.165) is 10.9 Å². The van der Waals surface area contributed by atoms with Crippen LogP contribution in [0.3, 0.4) is 0 Å². The molecule has 0 saturated heterocycles.